The third-order valence-electron chi connectivity index (χ3n) is 3.57. The highest BCUT2D eigenvalue weighted by atomic mass is 127. The van der Waals surface area contributed by atoms with Crippen molar-refractivity contribution in [2.45, 2.75) is 25.8 Å². The van der Waals surface area contributed by atoms with E-state index in [2.05, 4.69) is 15.6 Å². The summed E-state index contributed by atoms with van der Waals surface area (Å²) in [5.74, 6) is 1.49. The zero-order valence-corrected chi connectivity index (χ0v) is 16.3. The molecule has 0 saturated heterocycles. The van der Waals surface area contributed by atoms with Crippen LogP contribution in [0.2, 0.25) is 0 Å². The van der Waals surface area contributed by atoms with Gasteiger partial charge in [-0.2, -0.15) is 0 Å². The van der Waals surface area contributed by atoms with Crippen LogP contribution in [0, 0.1) is 5.92 Å². The minimum absolute atomic E-state index is 0. The summed E-state index contributed by atoms with van der Waals surface area (Å²) in [5, 5.41) is 5.86. The maximum absolute atomic E-state index is 11.5. The van der Waals surface area contributed by atoms with Crippen molar-refractivity contribution in [1.29, 1.82) is 0 Å². The number of nitrogens with zero attached hydrogens (tertiary/aromatic N) is 1. The first kappa shape index (κ1) is 20.3. The number of benzene rings is 1. The Morgan fingerprint density at radius 2 is 2.21 bits per heavy atom. The van der Waals surface area contributed by atoms with Crippen molar-refractivity contribution in [1.82, 2.24) is 5.32 Å². The van der Waals surface area contributed by atoms with E-state index >= 15 is 0 Å². The topological polar surface area (TPSA) is 98.0 Å². The largest absolute Gasteiger partial charge is 0.497 e. The first-order valence-electron chi connectivity index (χ1n) is 7.76. The molecule has 0 spiro atoms. The average Bonchev–Trinajstić information content (AvgIpc) is 3.36. The maximum Gasteiger partial charge on any atom is 0.407 e. The number of carbonyl (C=O) groups excluding carboxylic acids is 1. The average molecular weight is 448 g/mol. The number of carbonyl (C=O) groups is 1. The Morgan fingerprint density at radius 1 is 1.46 bits per heavy atom. The van der Waals surface area contributed by atoms with E-state index in [0.29, 0.717) is 25.0 Å². The fraction of sp³-hybridized carbons (Fsp3) is 0.500. The summed E-state index contributed by atoms with van der Waals surface area (Å²) in [6.07, 6.45) is 1.78. The van der Waals surface area contributed by atoms with Crippen molar-refractivity contribution in [2.75, 3.05) is 25.6 Å². The third kappa shape index (κ3) is 6.81. The Kier molecular flexibility index (Phi) is 8.66. The van der Waals surface area contributed by atoms with Crippen molar-refractivity contribution >= 4 is 41.7 Å². The van der Waals surface area contributed by atoms with Gasteiger partial charge in [-0.25, -0.2) is 4.79 Å². The molecular weight excluding hydrogens is 423 g/mol. The highest BCUT2D eigenvalue weighted by molar-refractivity contribution is 14.0. The molecule has 1 amide bonds. The van der Waals surface area contributed by atoms with Crippen LogP contribution in [-0.2, 0) is 4.74 Å². The van der Waals surface area contributed by atoms with Gasteiger partial charge in [-0.1, -0.05) is 6.07 Å². The number of nitrogens with two attached hydrogens (primary N) is 1. The van der Waals surface area contributed by atoms with Crippen LogP contribution in [0.25, 0.3) is 0 Å². The van der Waals surface area contributed by atoms with E-state index in [-0.39, 0.29) is 30.0 Å². The van der Waals surface area contributed by atoms with Crippen LogP contribution in [0.5, 0.6) is 5.75 Å². The SMILES string of the molecule is CCOC(=O)NC(CN=C(N)Nc1cccc(OC)c1)C1CC1.I. The molecule has 7 nitrogen and oxygen atoms in total. The standard InChI is InChI=1S/C16H24N4O3.HI/c1-3-23-16(21)20-14(11-7-8-11)10-18-15(17)19-12-5-4-6-13(9-12)22-2;/h4-6,9,11,14H,3,7-8,10H2,1-2H3,(H,20,21)(H3,17,18,19);1H. The number of guanidine groups is 1. The molecule has 134 valence electrons. The summed E-state index contributed by atoms with van der Waals surface area (Å²) in [6.45, 7) is 2.55. The van der Waals surface area contributed by atoms with E-state index in [9.17, 15) is 4.79 Å². The summed E-state index contributed by atoms with van der Waals surface area (Å²) in [5.41, 5.74) is 6.71. The summed E-state index contributed by atoms with van der Waals surface area (Å²) < 4.78 is 10.1. The highest BCUT2D eigenvalue weighted by Gasteiger charge is 2.32. The van der Waals surface area contributed by atoms with Gasteiger partial charge in [-0.15, -0.1) is 24.0 Å². The number of ether oxygens (including phenoxy) is 2. The monoisotopic (exact) mass is 448 g/mol. The second kappa shape index (κ2) is 10.2. The third-order valence-corrected chi connectivity index (χ3v) is 3.57. The van der Waals surface area contributed by atoms with Gasteiger partial charge in [0.1, 0.15) is 5.75 Å². The van der Waals surface area contributed by atoms with E-state index in [4.69, 9.17) is 15.2 Å². The van der Waals surface area contributed by atoms with Gasteiger partial charge in [0.05, 0.1) is 26.3 Å². The lowest BCUT2D eigenvalue weighted by Gasteiger charge is -2.16. The second-order valence-corrected chi connectivity index (χ2v) is 5.39. The van der Waals surface area contributed by atoms with Crippen molar-refractivity contribution in [3.63, 3.8) is 0 Å². The summed E-state index contributed by atoms with van der Waals surface area (Å²) in [7, 11) is 1.61. The van der Waals surface area contributed by atoms with Crippen LogP contribution in [0.3, 0.4) is 0 Å². The van der Waals surface area contributed by atoms with E-state index in [1.807, 2.05) is 24.3 Å². The molecule has 24 heavy (non-hydrogen) atoms. The molecule has 1 aliphatic carbocycles. The van der Waals surface area contributed by atoms with Crippen LogP contribution in [0.15, 0.2) is 29.3 Å². The minimum Gasteiger partial charge on any atom is -0.497 e. The smallest absolute Gasteiger partial charge is 0.407 e. The first-order valence-corrected chi connectivity index (χ1v) is 7.76. The number of alkyl carbamates (subject to hydrolysis) is 1. The first-order chi connectivity index (χ1) is 11.1. The van der Waals surface area contributed by atoms with Gasteiger partial charge in [0.2, 0.25) is 0 Å². The summed E-state index contributed by atoms with van der Waals surface area (Å²) >= 11 is 0. The Bertz CT molecular complexity index is 564. The number of rotatable bonds is 7. The molecule has 0 heterocycles. The molecule has 0 aromatic heterocycles. The molecule has 0 bridgehead atoms. The lowest BCUT2D eigenvalue weighted by atomic mass is 10.2. The lowest BCUT2D eigenvalue weighted by Crippen LogP contribution is -2.39. The van der Waals surface area contributed by atoms with Crippen LogP contribution in [-0.4, -0.2) is 38.4 Å². The molecule has 1 aromatic rings. The van der Waals surface area contributed by atoms with Crippen molar-refractivity contribution in [3.8, 4) is 5.75 Å². The quantitative estimate of drug-likeness (QED) is 0.339. The molecule has 1 saturated carbocycles. The van der Waals surface area contributed by atoms with Crippen LogP contribution in [0.4, 0.5) is 10.5 Å². The fourth-order valence-electron chi connectivity index (χ4n) is 2.22. The van der Waals surface area contributed by atoms with E-state index in [0.717, 1.165) is 24.3 Å². The normalized spacial score (nSPS) is 15.0. The maximum atomic E-state index is 11.5. The van der Waals surface area contributed by atoms with Gasteiger partial charge in [0.15, 0.2) is 5.96 Å². The van der Waals surface area contributed by atoms with Crippen LogP contribution < -0.4 is 21.1 Å². The zero-order valence-electron chi connectivity index (χ0n) is 14.0. The Hall–Kier alpha value is -1.71. The predicted molar refractivity (Wildman–Crippen MR) is 105 cm³/mol. The molecule has 1 fully saturated rings. The van der Waals surface area contributed by atoms with Gasteiger partial charge < -0.3 is 25.8 Å². The van der Waals surface area contributed by atoms with Crippen molar-refractivity contribution < 1.29 is 14.3 Å². The number of hydrogen-bond acceptors (Lipinski definition) is 4. The number of anilines is 1. The van der Waals surface area contributed by atoms with Crippen molar-refractivity contribution in [3.05, 3.63) is 24.3 Å². The predicted octanol–water partition coefficient (Wildman–Crippen LogP) is 2.56. The molecule has 4 N–H and O–H groups in total. The molecule has 0 radical (unpaired) electrons. The molecule has 1 unspecified atom stereocenters. The van der Waals surface area contributed by atoms with Crippen LogP contribution in [0.1, 0.15) is 19.8 Å². The van der Waals surface area contributed by atoms with Crippen molar-refractivity contribution in [2.24, 2.45) is 16.6 Å². The number of halogens is 1. The molecule has 1 aliphatic rings. The molecule has 1 atom stereocenters. The number of methoxy groups -OCH3 is 1. The molecule has 0 aliphatic heterocycles. The Balaban J connectivity index is 0.00000288. The highest BCUT2D eigenvalue weighted by Crippen LogP contribution is 2.32. The van der Waals surface area contributed by atoms with Gasteiger partial charge in [-0.05, 0) is 37.8 Å². The van der Waals surface area contributed by atoms with Crippen LogP contribution >= 0.6 is 24.0 Å². The van der Waals surface area contributed by atoms with E-state index < -0.39 is 6.09 Å². The number of hydrogen-bond donors (Lipinski definition) is 3. The Morgan fingerprint density at radius 3 is 2.83 bits per heavy atom. The number of nitrogens with one attached hydrogen (secondary N) is 2. The number of amides is 1. The minimum atomic E-state index is -0.404. The zero-order chi connectivity index (χ0) is 16.7. The Labute approximate surface area is 159 Å². The van der Waals surface area contributed by atoms with Gasteiger partial charge >= 0.3 is 6.09 Å². The number of aliphatic imine (C=N–C) groups is 1. The molecule has 8 heteroatoms. The fourth-order valence-corrected chi connectivity index (χ4v) is 2.22. The van der Waals surface area contributed by atoms with Gasteiger partial charge in [-0.3, -0.25) is 4.99 Å². The summed E-state index contributed by atoms with van der Waals surface area (Å²) in [4.78, 5) is 15.9. The molecule has 2 rings (SSSR count). The van der Waals surface area contributed by atoms with E-state index in [1.165, 1.54) is 0 Å². The van der Waals surface area contributed by atoms with E-state index in [1.54, 1.807) is 14.0 Å². The summed E-state index contributed by atoms with van der Waals surface area (Å²) in [6, 6.07) is 7.38. The van der Waals surface area contributed by atoms with Gasteiger partial charge in [0, 0.05) is 11.8 Å². The molecular formula is C16H25IN4O3. The lowest BCUT2D eigenvalue weighted by molar-refractivity contribution is 0.147. The second-order valence-electron chi connectivity index (χ2n) is 5.39. The molecule has 1 aromatic carbocycles. The van der Waals surface area contributed by atoms with Gasteiger partial charge in [0.25, 0.3) is 0 Å².